The van der Waals surface area contributed by atoms with E-state index in [-0.39, 0.29) is 35.7 Å². The van der Waals surface area contributed by atoms with Gasteiger partial charge >= 0.3 is 0 Å². The Bertz CT molecular complexity index is 1130. The number of fused-ring (bicyclic) bond motifs is 1. The van der Waals surface area contributed by atoms with E-state index in [1.807, 2.05) is 0 Å². The molecule has 0 saturated heterocycles. The number of ether oxygens (including phenoxy) is 1. The predicted octanol–water partition coefficient (Wildman–Crippen LogP) is 4.68. The van der Waals surface area contributed by atoms with Gasteiger partial charge in [-0.3, -0.25) is 9.59 Å². The van der Waals surface area contributed by atoms with E-state index in [4.69, 9.17) is 4.74 Å². The maximum Gasteiger partial charge on any atom is 0.234 e. The summed E-state index contributed by atoms with van der Waals surface area (Å²) in [6.07, 6.45) is 0.123. The van der Waals surface area contributed by atoms with Crippen LogP contribution in [-0.4, -0.2) is 16.7 Å². The zero-order valence-electron chi connectivity index (χ0n) is 15.4. The Balaban J connectivity index is 1.51. The molecule has 0 unspecified atom stereocenters. The molecule has 144 valence electrons. The maximum absolute atomic E-state index is 13.7. The average Bonchev–Trinajstić information content (AvgIpc) is 2.75. The monoisotopic (exact) mass is 388 g/mol. The molecule has 3 aromatic rings. The van der Waals surface area contributed by atoms with Gasteiger partial charge in [-0.15, -0.1) is 0 Å². The van der Waals surface area contributed by atoms with Crippen molar-refractivity contribution in [3.63, 3.8) is 0 Å². The summed E-state index contributed by atoms with van der Waals surface area (Å²) < 4.78 is 19.3. The molecule has 0 fully saturated rings. The highest BCUT2D eigenvalue weighted by atomic mass is 19.1. The Kier molecular flexibility index (Phi) is 4.96. The minimum absolute atomic E-state index is 0.0775. The van der Waals surface area contributed by atoms with Crippen LogP contribution in [0.5, 0.6) is 5.75 Å². The van der Waals surface area contributed by atoms with Gasteiger partial charge in [0.2, 0.25) is 11.6 Å². The third-order valence-electron chi connectivity index (χ3n) is 4.85. The van der Waals surface area contributed by atoms with E-state index in [0.29, 0.717) is 16.9 Å². The van der Waals surface area contributed by atoms with Crippen molar-refractivity contribution in [1.29, 1.82) is 0 Å². The lowest BCUT2D eigenvalue weighted by molar-refractivity contribution is -0.112. The maximum atomic E-state index is 13.7. The van der Waals surface area contributed by atoms with Crippen LogP contribution >= 0.6 is 0 Å². The van der Waals surface area contributed by atoms with Crippen LogP contribution in [0.3, 0.4) is 0 Å². The van der Waals surface area contributed by atoms with Crippen molar-refractivity contribution in [2.24, 2.45) is 0 Å². The second kappa shape index (κ2) is 7.72. The van der Waals surface area contributed by atoms with Crippen LogP contribution in [0.15, 0.2) is 78.4 Å². The lowest BCUT2D eigenvalue weighted by Crippen LogP contribution is -2.25. The van der Waals surface area contributed by atoms with Gasteiger partial charge in [-0.05, 0) is 23.8 Å². The van der Waals surface area contributed by atoms with Gasteiger partial charge in [0.05, 0.1) is 5.57 Å². The Morgan fingerprint density at radius 2 is 1.45 bits per heavy atom. The largest absolute Gasteiger partial charge is 0.507 e. The number of Topliss-reactive ketones (excluding diaryl/α,β-unsaturated/α-hetero) is 2. The van der Waals surface area contributed by atoms with Crippen LogP contribution < -0.4 is 4.74 Å². The van der Waals surface area contributed by atoms with Gasteiger partial charge < -0.3 is 9.84 Å². The molecule has 29 heavy (non-hydrogen) atoms. The summed E-state index contributed by atoms with van der Waals surface area (Å²) >= 11 is 0. The molecule has 0 atom stereocenters. The quantitative estimate of drug-likeness (QED) is 0.645. The van der Waals surface area contributed by atoms with Crippen LogP contribution in [0.4, 0.5) is 4.39 Å². The van der Waals surface area contributed by atoms with E-state index < -0.39 is 11.6 Å². The number of halogens is 1. The summed E-state index contributed by atoms with van der Waals surface area (Å²) in [6, 6.07) is 19.8. The summed E-state index contributed by atoms with van der Waals surface area (Å²) in [6.45, 7) is 0.0989. The molecular formula is C24H17FO4. The van der Waals surface area contributed by atoms with E-state index in [1.165, 1.54) is 12.1 Å². The van der Waals surface area contributed by atoms with Gasteiger partial charge in [-0.25, -0.2) is 4.39 Å². The summed E-state index contributed by atoms with van der Waals surface area (Å²) in [5, 5.41) is 10.5. The zero-order valence-corrected chi connectivity index (χ0v) is 15.4. The van der Waals surface area contributed by atoms with Crippen LogP contribution in [-0.2, 0) is 17.8 Å². The lowest BCUT2D eigenvalue weighted by Gasteiger charge is -2.17. The summed E-state index contributed by atoms with van der Waals surface area (Å²) in [5.41, 5.74) is 1.86. The van der Waals surface area contributed by atoms with Crippen molar-refractivity contribution < 1.29 is 23.8 Å². The standard InChI is InChI=1S/C24H17FO4/c25-21-8-4-1-5-16(21)14-29-17-11-9-15(10-12-17)13-20-22(26)18-6-2-3-7-19(18)23(27)24(20)28/h1-12,26H,13-14H2. The fourth-order valence-electron chi connectivity index (χ4n) is 3.27. The number of ketones is 2. The molecule has 1 N–H and O–H groups in total. The van der Waals surface area contributed by atoms with Crippen molar-refractivity contribution in [3.8, 4) is 5.75 Å². The molecule has 1 aliphatic carbocycles. The average molecular weight is 388 g/mol. The Labute approximate surface area is 166 Å². The van der Waals surface area contributed by atoms with Crippen LogP contribution in [0, 0.1) is 5.82 Å². The minimum atomic E-state index is -0.693. The van der Waals surface area contributed by atoms with E-state index >= 15 is 0 Å². The fourth-order valence-corrected chi connectivity index (χ4v) is 3.27. The second-order valence-corrected chi connectivity index (χ2v) is 6.73. The molecule has 0 radical (unpaired) electrons. The molecule has 5 heteroatoms. The summed E-state index contributed by atoms with van der Waals surface area (Å²) in [5.74, 6) is -1.25. The molecule has 0 bridgehead atoms. The second-order valence-electron chi connectivity index (χ2n) is 6.73. The van der Waals surface area contributed by atoms with E-state index in [9.17, 15) is 19.1 Å². The predicted molar refractivity (Wildman–Crippen MR) is 106 cm³/mol. The lowest BCUT2D eigenvalue weighted by atomic mass is 9.86. The third-order valence-corrected chi connectivity index (χ3v) is 4.85. The van der Waals surface area contributed by atoms with Gasteiger partial charge in [-0.1, -0.05) is 54.6 Å². The first-order valence-corrected chi connectivity index (χ1v) is 9.10. The molecule has 3 aromatic carbocycles. The molecular weight excluding hydrogens is 371 g/mol. The fraction of sp³-hybridized carbons (Fsp3) is 0.0833. The smallest absolute Gasteiger partial charge is 0.234 e. The number of allylic oxidation sites excluding steroid dienone is 1. The van der Waals surface area contributed by atoms with Gasteiger partial charge in [0, 0.05) is 23.1 Å². The highest BCUT2D eigenvalue weighted by Crippen LogP contribution is 2.30. The van der Waals surface area contributed by atoms with E-state index in [2.05, 4.69) is 0 Å². The van der Waals surface area contributed by atoms with Gasteiger partial charge in [-0.2, -0.15) is 0 Å². The van der Waals surface area contributed by atoms with Gasteiger partial charge in [0.15, 0.2) is 0 Å². The topological polar surface area (TPSA) is 63.6 Å². The van der Waals surface area contributed by atoms with Gasteiger partial charge in [0.1, 0.15) is 23.9 Å². The number of carbonyl (C=O) groups excluding carboxylic acids is 2. The molecule has 4 nitrogen and oxygen atoms in total. The van der Waals surface area contributed by atoms with E-state index in [0.717, 1.165) is 5.56 Å². The molecule has 0 aromatic heterocycles. The summed E-state index contributed by atoms with van der Waals surface area (Å²) in [4.78, 5) is 24.8. The van der Waals surface area contributed by atoms with Gasteiger partial charge in [0.25, 0.3) is 0 Å². The number of aliphatic hydroxyl groups excluding tert-OH is 1. The first-order chi connectivity index (χ1) is 14.0. The number of hydrogen-bond acceptors (Lipinski definition) is 4. The van der Waals surface area contributed by atoms with Crippen molar-refractivity contribution in [2.45, 2.75) is 13.0 Å². The molecule has 0 heterocycles. The minimum Gasteiger partial charge on any atom is -0.507 e. The number of aliphatic hydroxyl groups is 1. The SMILES string of the molecule is O=C1C(=O)c2ccccc2C(O)=C1Cc1ccc(OCc2ccccc2F)cc1. The molecule has 4 rings (SSSR count). The van der Waals surface area contributed by atoms with Crippen LogP contribution in [0.2, 0.25) is 0 Å². The molecule has 1 aliphatic rings. The highest BCUT2D eigenvalue weighted by molar-refractivity contribution is 6.52. The number of hydrogen-bond donors (Lipinski definition) is 1. The molecule has 0 aliphatic heterocycles. The summed E-state index contributed by atoms with van der Waals surface area (Å²) in [7, 11) is 0. The molecule has 0 saturated carbocycles. The number of rotatable bonds is 5. The van der Waals surface area contributed by atoms with Crippen molar-refractivity contribution in [2.75, 3.05) is 0 Å². The van der Waals surface area contributed by atoms with Crippen molar-refractivity contribution >= 4 is 17.3 Å². The molecule has 0 amide bonds. The first kappa shape index (κ1) is 18.6. The number of benzene rings is 3. The highest BCUT2D eigenvalue weighted by Gasteiger charge is 2.32. The first-order valence-electron chi connectivity index (χ1n) is 9.10. The van der Waals surface area contributed by atoms with Crippen molar-refractivity contribution in [1.82, 2.24) is 0 Å². The Morgan fingerprint density at radius 3 is 2.17 bits per heavy atom. The third kappa shape index (κ3) is 3.67. The van der Waals surface area contributed by atoms with Crippen LogP contribution in [0.25, 0.3) is 5.76 Å². The van der Waals surface area contributed by atoms with E-state index in [1.54, 1.807) is 60.7 Å². The molecule has 0 spiro atoms. The van der Waals surface area contributed by atoms with Crippen LogP contribution in [0.1, 0.15) is 27.0 Å². The zero-order chi connectivity index (χ0) is 20.4. The van der Waals surface area contributed by atoms with Crippen molar-refractivity contribution in [3.05, 3.63) is 106 Å². The Morgan fingerprint density at radius 1 is 0.793 bits per heavy atom. The Hall–Kier alpha value is -3.73. The number of carbonyl (C=O) groups is 2. The normalized spacial score (nSPS) is 13.4.